The minimum Gasteiger partial charge on any atom is -0.475 e. The average Bonchev–Trinajstić information content (AvgIpc) is 2.55. The SMILES string of the molecule is Cc1ccc(C2=NCCO2)s1. The summed E-state index contributed by atoms with van der Waals surface area (Å²) >= 11 is 1.73. The van der Waals surface area contributed by atoms with Crippen molar-refractivity contribution in [2.75, 3.05) is 13.2 Å². The number of rotatable bonds is 1. The van der Waals surface area contributed by atoms with E-state index in [-0.39, 0.29) is 0 Å². The van der Waals surface area contributed by atoms with E-state index in [1.807, 2.05) is 0 Å². The number of aliphatic imine (C=N–C) groups is 1. The number of nitrogens with zero attached hydrogens (tertiary/aromatic N) is 1. The zero-order chi connectivity index (χ0) is 7.68. The third-order valence-corrected chi connectivity index (χ3v) is 2.53. The molecule has 0 bridgehead atoms. The van der Waals surface area contributed by atoms with E-state index in [1.54, 1.807) is 11.3 Å². The fraction of sp³-hybridized carbons (Fsp3) is 0.375. The molecule has 3 heteroatoms. The van der Waals surface area contributed by atoms with Gasteiger partial charge in [-0.15, -0.1) is 11.3 Å². The van der Waals surface area contributed by atoms with Crippen molar-refractivity contribution in [1.82, 2.24) is 0 Å². The molecule has 0 saturated heterocycles. The van der Waals surface area contributed by atoms with Crippen LogP contribution < -0.4 is 0 Å². The molecular formula is C8H9NOS. The van der Waals surface area contributed by atoms with E-state index in [4.69, 9.17) is 4.74 Å². The molecule has 1 aliphatic rings. The van der Waals surface area contributed by atoms with Gasteiger partial charge in [-0.05, 0) is 19.1 Å². The van der Waals surface area contributed by atoms with Crippen LogP contribution in [0.2, 0.25) is 0 Å². The van der Waals surface area contributed by atoms with Crippen molar-refractivity contribution in [2.45, 2.75) is 6.92 Å². The van der Waals surface area contributed by atoms with Gasteiger partial charge >= 0.3 is 0 Å². The van der Waals surface area contributed by atoms with E-state index < -0.39 is 0 Å². The second-order valence-electron chi connectivity index (χ2n) is 2.45. The van der Waals surface area contributed by atoms with Crippen LogP contribution in [0.3, 0.4) is 0 Å². The molecule has 1 aliphatic heterocycles. The van der Waals surface area contributed by atoms with Crippen molar-refractivity contribution in [2.24, 2.45) is 4.99 Å². The Balaban J connectivity index is 2.28. The van der Waals surface area contributed by atoms with Gasteiger partial charge in [-0.1, -0.05) is 0 Å². The molecule has 0 spiro atoms. The first kappa shape index (κ1) is 6.85. The van der Waals surface area contributed by atoms with Gasteiger partial charge in [0.15, 0.2) is 0 Å². The quantitative estimate of drug-likeness (QED) is 0.625. The predicted octanol–water partition coefficient (Wildman–Crippen LogP) is 1.83. The van der Waals surface area contributed by atoms with E-state index in [9.17, 15) is 0 Å². The van der Waals surface area contributed by atoms with Gasteiger partial charge in [0.25, 0.3) is 0 Å². The largest absolute Gasteiger partial charge is 0.475 e. The van der Waals surface area contributed by atoms with E-state index in [0.29, 0.717) is 0 Å². The third kappa shape index (κ3) is 1.28. The lowest BCUT2D eigenvalue weighted by atomic mass is 10.4. The molecule has 0 unspecified atom stereocenters. The van der Waals surface area contributed by atoms with Gasteiger partial charge in [-0.2, -0.15) is 0 Å². The summed E-state index contributed by atoms with van der Waals surface area (Å²) in [4.78, 5) is 6.68. The minimum atomic E-state index is 0.742. The van der Waals surface area contributed by atoms with Crippen LogP contribution in [0.25, 0.3) is 0 Å². The standard InChI is InChI=1S/C8H9NOS/c1-6-2-3-7(11-6)8-9-4-5-10-8/h2-3H,4-5H2,1H3. The van der Waals surface area contributed by atoms with Crippen molar-refractivity contribution in [1.29, 1.82) is 0 Å². The highest BCUT2D eigenvalue weighted by Gasteiger charge is 2.10. The third-order valence-electron chi connectivity index (χ3n) is 1.54. The number of hydrogen-bond donors (Lipinski definition) is 0. The van der Waals surface area contributed by atoms with Crippen molar-refractivity contribution >= 4 is 17.2 Å². The van der Waals surface area contributed by atoms with Crippen molar-refractivity contribution in [3.05, 3.63) is 21.9 Å². The Hall–Kier alpha value is -0.830. The summed E-state index contributed by atoms with van der Waals surface area (Å²) in [6.45, 7) is 3.64. The number of ether oxygens (including phenoxy) is 1. The van der Waals surface area contributed by atoms with Crippen LogP contribution in [0.1, 0.15) is 9.75 Å². The Morgan fingerprint density at radius 1 is 1.55 bits per heavy atom. The second-order valence-corrected chi connectivity index (χ2v) is 3.73. The van der Waals surface area contributed by atoms with Crippen LogP contribution in [-0.2, 0) is 4.74 Å². The molecule has 0 saturated carbocycles. The van der Waals surface area contributed by atoms with Crippen LogP contribution in [0, 0.1) is 6.92 Å². The molecule has 58 valence electrons. The van der Waals surface area contributed by atoms with Gasteiger partial charge in [0.05, 0.1) is 11.4 Å². The molecule has 0 N–H and O–H groups in total. The Labute approximate surface area is 69.5 Å². The lowest BCUT2D eigenvalue weighted by Crippen LogP contribution is -1.96. The fourth-order valence-electron chi connectivity index (χ4n) is 1.03. The molecule has 2 heterocycles. The van der Waals surface area contributed by atoms with Gasteiger partial charge in [-0.3, -0.25) is 0 Å². The lowest BCUT2D eigenvalue weighted by molar-refractivity contribution is 0.349. The summed E-state index contributed by atoms with van der Waals surface area (Å²) in [5.41, 5.74) is 0. The summed E-state index contributed by atoms with van der Waals surface area (Å²) in [6.07, 6.45) is 0. The summed E-state index contributed by atoms with van der Waals surface area (Å²) in [5, 5.41) is 0. The highest BCUT2D eigenvalue weighted by atomic mass is 32.1. The van der Waals surface area contributed by atoms with Crippen LogP contribution in [-0.4, -0.2) is 19.0 Å². The molecular weight excluding hydrogens is 158 g/mol. The predicted molar refractivity (Wildman–Crippen MR) is 46.4 cm³/mol. The summed E-state index contributed by atoms with van der Waals surface area (Å²) < 4.78 is 5.31. The normalized spacial score (nSPS) is 16.3. The Morgan fingerprint density at radius 3 is 3.00 bits per heavy atom. The van der Waals surface area contributed by atoms with Gasteiger partial charge in [-0.25, -0.2) is 4.99 Å². The smallest absolute Gasteiger partial charge is 0.226 e. The van der Waals surface area contributed by atoms with Crippen LogP contribution in [0.5, 0.6) is 0 Å². The zero-order valence-corrected chi connectivity index (χ0v) is 7.15. The highest BCUT2D eigenvalue weighted by Crippen LogP contribution is 2.18. The zero-order valence-electron chi connectivity index (χ0n) is 6.33. The minimum absolute atomic E-state index is 0.742. The van der Waals surface area contributed by atoms with Crippen LogP contribution in [0.15, 0.2) is 17.1 Å². The molecule has 0 atom stereocenters. The average molecular weight is 167 g/mol. The van der Waals surface area contributed by atoms with Crippen LogP contribution >= 0.6 is 11.3 Å². The Kier molecular flexibility index (Phi) is 1.66. The van der Waals surface area contributed by atoms with E-state index in [2.05, 4.69) is 24.0 Å². The Morgan fingerprint density at radius 2 is 2.45 bits per heavy atom. The van der Waals surface area contributed by atoms with E-state index in [0.717, 1.165) is 23.9 Å². The first-order valence-electron chi connectivity index (χ1n) is 3.60. The molecule has 1 aromatic heterocycles. The molecule has 0 aromatic carbocycles. The number of aryl methyl sites for hydroxylation is 1. The van der Waals surface area contributed by atoms with Gasteiger partial charge < -0.3 is 4.74 Å². The highest BCUT2D eigenvalue weighted by molar-refractivity contribution is 7.13. The van der Waals surface area contributed by atoms with Gasteiger partial charge in [0.1, 0.15) is 6.61 Å². The maximum Gasteiger partial charge on any atom is 0.226 e. The van der Waals surface area contributed by atoms with E-state index in [1.165, 1.54) is 4.88 Å². The van der Waals surface area contributed by atoms with Gasteiger partial charge in [0.2, 0.25) is 5.90 Å². The van der Waals surface area contributed by atoms with Crippen molar-refractivity contribution < 1.29 is 4.74 Å². The maximum atomic E-state index is 5.31. The monoisotopic (exact) mass is 167 g/mol. The molecule has 1 aromatic rings. The topological polar surface area (TPSA) is 21.6 Å². The fourth-order valence-corrected chi connectivity index (χ4v) is 1.86. The lowest BCUT2D eigenvalue weighted by Gasteiger charge is -1.94. The number of thiophene rings is 1. The molecule has 2 rings (SSSR count). The molecule has 0 amide bonds. The van der Waals surface area contributed by atoms with Crippen molar-refractivity contribution in [3.8, 4) is 0 Å². The van der Waals surface area contributed by atoms with E-state index >= 15 is 0 Å². The number of hydrogen-bond acceptors (Lipinski definition) is 3. The summed E-state index contributed by atoms with van der Waals surface area (Å²) in [6, 6.07) is 4.15. The Bertz CT molecular complexity index is 290. The molecule has 11 heavy (non-hydrogen) atoms. The first-order valence-corrected chi connectivity index (χ1v) is 4.42. The maximum absolute atomic E-state index is 5.31. The first-order chi connectivity index (χ1) is 5.36. The van der Waals surface area contributed by atoms with Crippen molar-refractivity contribution in [3.63, 3.8) is 0 Å². The second kappa shape index (κ2) is 2.66. The summed E-state index contributed by atoms with van der Waals surface area (Å²) in [5.74, 6) is 0.822. The summed E-state index contributed by atoms with van der Waals surface area (Å²) in [7, 11) is 0. The molecule has 2 nitrogen and oxygen atoms in total. The van der Waals surface area contributed by atoms with Gasteiger partial charge in [0, 0.05) is 4.88 Å². The molecule has 0 aliphatic carbocycles. The van der Waals surface area contributed by atoms with Crippen LogP contribution in [0.4, 0.5) is 0 Å². The molecule has 0 fully saturated rings. The molecule has 0 radical (unpaired) electrons.